The van der Waals surface area contributed by atoms with Gasteiger partial charge in [-0.3, -0.25) is 4.79 Å². The fourth-order valence-corrected chi connectivity index (χ4v) is 3.75. The average molecular weight is 258 g/mol. The Morgan fingerprint density at radius 3 is 2.24 bits per heavy atom. The first-order valence-electron chi connectivity index (χ1n) is 7.11. The van der Waals surface area contributed by atoms with Crippen molar-refractivity contribution in [1.82, 2.24) is 4.90 Å². The molecule has 0 aromatic rings. The summed E-state index contributed by atoms with van der Waals surface area (Å²) in [6.07, 6.45) is 10.5. The minimum Gasteiger partial charge on any atom is -0.341 e. The Hall–Kier alpha value is -0.240. The number of rotatable bonds is 2. The van der Waals surface area contributed by atoms with Crippen molar-refractivity contribution in [3.63, 3.8) is 0 Å². The zero-order valence-corrected chi connectivity index (χ0v) is 11.6. The van der Waals surface area contributed by atoms with Crippen LogP contribution in [0.25, 0.3) is 0 Å². The van der Waals surface area contributed by atoms with Crippen molar-refractivity contribution in [1.29, 1.82) is 0 Å². The molecule has 0 heterocycles. The molecule has 2 rings (SSSR count). The van der Waals surface area contributed by atoms with Crippen LogP contribution in [0.4, 0.5) is 0 Å². The van der Waals surface area contributed by atoms with Crippen molar-refractivity contribution in [3.05, 3.63) is 0 Å². The summed E-state index contributed by atoms with van der Waals surface area (Å²) in [7, 11) is 1.96. The van der Waals surface area contributed by atoms with E-state index in [1.165, 1.54) is 32.1 Å². The third kappa shape index (κ3) is 3.15. The fourth-order valence-electron chi connectivity index (χ4n) is 3.30. The Kier molecular flexibility index (Phi) is 4.72. The van der Waals surface area contributed by atoms with E-state index in [0.717, 1.165) is 25.7 Å². The summed E-state index contributed by atoms with van der Waals surface area (Å²) in [6.45, 7) is 0. The second-order valence-electron chi connectivity index (χ2n) is 5.65. The summed E-state index contributed by atoms with van der Waals surface area (Å²) in [5, 5.41) is 0.168. The molecule has 2 unspecified atom stereocenters. The van der Waals surface area contributed by atoms with Crippen molar-refractivity contribution in [3.8, 4) is 0 Å². The number of alkyl halides is 1. The van der Waals surface area contributed by atoms with Gasteiger partial charge in [0.1, 0.15) is 0 Å². The lowest BCUT2D eigenvalue weighted by Crippen LogP contribution is -2.46. The number of amides is 1. The van der Waals surface area contributed by atoms with Gasteiger partial charge in [-0.15, -0.1) is 11.6 Å². The molecule has 3 heteroatoms. The lowest BCUT2D eigenvalue weighted by Gasteiger charge is -2.37. The van der Waals surface area contributed by atoms with Crippen molar-refractivity contribution < 1.29 is 4.79 Å². The normalized spacial score (nSPS) is 31.2. The Labute approximate surface area is 110 Å². The number of carbonyl (C=O) groups is 1. The van der Waals surface area contributed by atoms with Gasteiger partial charge < -0.3 is 4.90 Å². The van der Waals surface area contributed by atoms with Crippen LogP contribution in [-0.4, -0.2) is 29.3 Å². The largest absolute Gasteiger partial charge is 0.341 e. The molecule has 0 aromatic carbocycles. The van der Waals surface area contributed by atoms with Crippen LogP contribution in [-0.2, 0) is 4.79 Å². The van der Waals surface area contributed by atoms with Gasteiger partial charge in [0.25, 0.3) is 0 Å². The summed E-state index contributed by atoms with van der Waals surface area (Å²) < 4.78 is 0. The van der Waals surface area contributed by atoms with Gasteiger partial charge in [0.05, 0.1) is 5.38 Å². The SMILES string of the molecule is CN(C(=O)C1CCCCC1)C1CCCCC1Cl. The minimum absolute atomic E-state index is 0.168. The first-order chi connectivity index (χ1) is 8.20. The number of halogens is 1. The van der Waals surface area contributed by atoms with E-state index in [-0.39, 0.29) is 17.3 Å². The molecule has 2 atom stereocenters. The molecule has 0 aromatic heterocycles. The molecule has 17 heavy (non-hydrogen) atoms. The van der Waals surface area contributed by atoms with E-state index < -0.39 is 0 Å². The summed E-state index contributed by atoms with van der Waals surface area (Å²) >= 11 is 6.37. The molecule has 0 spiro atoms. The van der Waals surface area contributed by atoms with Gasteiger partial charge in [-0.25, -0.2) is 0 Å². The quantitative estimate of drug-likeness (QED) is 0.693. The zero-order chi connectivity index (χ0) is 12.3. The topological polar surface area (TPSA) is 20.3 Å². The summed E-state index contributed by atoms with van der Waals surface area (Å²) in [5.41, 5.74) is 0. The monoisotopic (exact) mass is 257 g/mol. The molecule has 0 bridgehead atoms. The van der Waals surface area contributed by atoms with E-state index in [4.69, 9.17) is 11.6 Å². The van der Waals surface area contributed by atoms with E-state index in [0.29, 0.717) is 5.91 Å². The van der Waals surface area contributed by atoms with E-state index in [9.17, 15) is 4.79 Å². The first-order valence-corrected chi connectivity index (χ1v) is 7.54. The molecule has 2 aliphatic carbocycles. The molecule has 98 valence electrons. The van der Waals surface area contributed by atoms with Crippen LogP contribution in [0.3, 0.4) is 0 Å². The van der Waals surface area contributed by atoms with Crippen molar-refractivity contribution in [2.24, 2.45) is 5.92 Å². The second-order valence-corrected chi connectivity index (χ2v) is 6.21. The van der Waals surface area contributed by atoms with E-state index in [2.05, 4.69) is 0 Å². The number of hydrogen-bond acceptors (Lipinski definition) is 1. The highest BCUT2D eigenvalue weighted by atomic mass is 35.5. The van der Waals surface area contributed by atoms with E-state index in [1.54, 1.807) is 0 Å². The average Bonchev–Trinajstić information content (AvgIpc) is 2.39. The van der Waals surface area contributed by atoms with E-state index in [1.807, 2.05) is 11.9 Å². The first kappa shape index (κ1) is 13.2. The number of nitrogens with zero attached hydrogens (tertiary/aromatic N) is 1. The summed E-state index contributed by atoms with van der Waals surface area (Å²) in [4.78, 5) is 14.4. The highest BCUT2D eigenvalue weighted by Gasteiger charge is 2.32. The van der Waals surface area contributed by atoms with Crippen molar-refractivity contribution in [2.75, 3.05) is 7.05 Å². The van der Waals surface area contributed by atoms with Gasteiger partial charge in [-0.2, -0.15) is 0 Å². The fraction of sp³-hybridized carbons (Fsp3) is 0.929. The maximum absolute atomic E-state index is 12.4. The van der Waals surface area contributed by atoms with Crippen molar-refractivity contribution >= 4 is 17.5 Å². The molecule has 2 fully saturated rings. The molecule has 0 radical (unpaired) electrons. The zero-order valence-electron chi connectivity index (χ0n) is 10.8. The molecule has 2 saturated carbocycles. The predicted molar refractivity (Wildman–Crippen MR) is 71.2 cm³/mol. The van der Waals surface area contributed by atoms with Crippen molar-refractivity contribution in [2.45, 2.75) is 69.2 Å². The maximum atomic E-state index is 12.4. The second kappa shape index (κ2) is 6.08. The van der Waals surface area contributed by atoms with Gasteiger partial charge in [0, 0.05) is 19.0 Å². The Balaban J connectivity index is 1.92. The smallest absolute Gasteiger partial charge is 0.225 e. The van der Waals surface area contributed by atoms with Gasteiger partial charge in [0.2, 0.25) is 5.91 Å². The lowest BCUT2D eigenvalue weighted by molar-refractivity contribution is -0.137. The van der Waals surface area contributed by atoms with Gasteiger partial charge in [0.15, 0.2) is 0 Å². The third-order valence-corrected chi connectivity index (χ3v) is 4.96. The highest BCUT2D eigenvalue weighted by Crippen LogP contribution is 2.30. The van der Waals surface area contributed by atoms with Gasteiger partial charge >= 0.3 is 0 Å². The summed E-state index contributed by atoms with van der Waals surface area (Å²) in [5.74, 6) is 0.627. The van der Waals surface area contributed by atoms with Crippen LogP contribution in [0.5, 0.6) is 0 Å². The Morgan fingerprint density at radius 2 is 1.59 bits per heavy atom. The molecular formula is C14H24ClNO. The van der Waals surface area contributed by atoms with E-state index >= 15 is 0 Å². The predicted octanol–water partition coefficient (Wildman–Crippen LogP) is 3.58. The molecule has 0 saturated heterocycles. The van der Waals surface area contributed by atoms with Crippen LogP contribution >= 0.6 is 11.6 Å². The number of carbonyl (C=O) groups excluding carboxylic acids is 1. The molecular weight excluding hydrogens is 234 g/mol. The number of hydrogen-bond donors (Lipinski definition) is 0. The third-order valence-electron chi connectivity index (χ3n) is 4.45. The molecule has 2 nitrogen and oxygen atoms in total. The standard InChI is InChI=1S/C14H24ClNO/c1-16(13-10-6-5-9-12(13)15)14(17)11-7-3-2-4-8-11/h11-13H,2-10H2,1H3. The van der Waals surface area contributed by atoms with Crippen LogP contribution in [0.2, 0.25) is 0 Å². The Morgan fingerprint density at radius 1 is 1.00 bits per heavy atom. The van der Waals surface area contributed by atoms with Crippen LogP contribution < -0.4 is 0 Å². The Bertz CT molecular complexity index is 263. The molecule has 0 N–H and O–H groups in total. The summed E-state index contributed by atoms with van der Waals surface area (Å²) in [6, 6.07) is 0.278. The minimum atomic E-state index is 0.168. The maximum Gasteiger partial charge on any atom is 0.225 e. The van der Waals surface area contributed by atoms with Gasteiger partial charge in [-0.1, -0.05) is 32.1 Å². The molecule has 0 aliphatic heterocycles. The highest BCUT2D eigenvalue weighted by molar-refractivity contribution is 6.21. The van der Waals surface area contributed by atoms with Gasteiger partial charge in [-0.05, 0) is 25.7 Å². The molecule has 1 amide bonds. The van der Waals surface area contributed by atoms with Crippen LogP contribution in [0.15, 0.2) is 0 Å². The molecule has 2 aliphatic rings. The lowest BCUT2D eigenvalue weighted by atomic mass is 9.87. The van der Waals surface area contributed by atoms with Crippen LogP contribution in [0, 0.1) is 5.92 Å². The van der Waals surface area contributed by atoms with Crippen LogP contribution in [0.1, 0.15) is 57.8 Å².